The predicted octanol–water partition coefficient (Wildman–Crippen LogP) is 0.792. The van der Waals surface area contributed by atoms with Crippen LogP contribution in [0.1, 0.15) is 40.0 Å². The molecule has 0 amide bonds. The van der Waals surface area contributed by atoms with Gasteiger partial charge in [0.15, 0.2) is 11.3 Å². The van der Waals surface area contributed by atoms with Crippen molar-refractivity contribution in [3.05, 3.63) is 0 Å². The number of hydrogen-bond acceptors (Lipinski definition) is 4. The molecule has 84 valence electrons. The molecule has 4 nitrogen and oxygen atoms in total. The first-order valence-corrected chi connectivity index (χ1v) is 5.38. The highest BCUT2D eigenvalue weighted by Gasteiger charge is 2.58. The SMILES string of the molecule is CC(C)(C)OC(=O)[C@]12CCC(CC1=O)N2. The number of carbonyl (C=O) groups excluding carboxylic acids is 2. The molecule has 2 aliphatic rings. The molecule has 2 bridgehead atoms. The number of fused-ring (bicyclic) bond motifs is 2. The summed E-state index contributed by atoms with van der Waals surface area (Å²) in [4.78, 5) is 23.7. The van der Waals surface area contributed by atoms with Crippen molar-refractivity contribution in [2.45, 2.75) is 57.2 Å². The molecule has 2 saturated heterocycles. The Morgan fingerprint density at radius 1 is 1.53 bits per heavy atom. The summed E-state index contributed by atoms with van der Waals surface area (Å²) in [7, 11) is 0. The summed E-state index contributed by atoms with van der Waals surface area (Å²) in [5.74, 6) is -0.409. The van der Waals surface area contributed by atoms with Gasteiger partial charge in [0, 0.05) is 12.5 Å². The van der Waals surface area contributed by atoms with Crippen molar-refractivity contribution in [2.75, 3.05) is 0 Å². The fraction of sp³-hybridized carbons (Fsp3) is 0.818. The number of nitrogens with one attached hydrogen (secondary N) is 1. The highest BCUT2D eigenvalue weighted by molar-refractivity contribution is 6.11. The first-order valence-electron chi connectivity index (χ1n) is 5.38. The number of rotatable bonds is 1. The largest absolute Gasteiger partial charge is 0.458 e. The molecule has 4 heteroatoms. The molecule has 2 rings (SSSR count). The van der Waals surface area contributed by atoms with Crippen molar-refractivity contribution in [1.29, 1.82) is 0 Å². The second kappa shape index (κ2) is 3.04. The van der Waals surface area contributed by atoms with Crippen LogP contribution in [0.5, 0.6) is 0 Å². The van der Waals surface area contributed by atoms with Gasteiger partial charge in [0.25, 0.3) is 0 Å². The molecule has 15 heavy (non-hydrogen) atoms. The van der Waals surface area contributed by atoms with Gasteiger partial charge in [-0.2, -0.15) is 0 Å². The standard InChI is InChI=1S/C11H17NO3/c1-10(2,3)15-9(14)11-5-4-7(12-11)6-8(11)13/h7,12H,4-6H2,1-3H3/t7?,11-/m0/s1. The molecule has 0 aliphatic carbocycles. The van der Waals surface area contributed by atoms with Crippen molar-refractivity contribution in [1.82, 2.24) is 5.32 Å². The van der Waals surface area contributed by atoms with Crippen molar-refractivity contribution < 1.29 is 14.3 Å². The topological polar surface area (TPSA) is 55.4 Å². The molecular weight excluding hydrogens is 194 g/mol. The van der Waals surface area contributed by atoms with E-state index in [1.165, 1.54) is 0 Å². The van der Waals surface area contributed by atoms with E-state index in [-0.39, 0.29) is 11.8 Å². The van der Waals surface area contributed by atoms with Gasteiger partial charge in [0.2, 0.25) is 0 Å². The molecule has 2 aliphatic heterocycles. The highest BCUT2D eigenvalue weighted by atomic mass is 16.6. The molecule has 0 aromatic heterocycles. The Hall–Kier alpha value is -0.900. The third-order valence-corrected chi connectivity index (χ3v) is 2.97. The van der Waals surface area contributed by atoms with Crippen molar-refractivity contribution in [2.24, 2.45) is 0 Å². The summed E-state index contributed by atoms with van der Waals surface area (Å²) >= 11 is 0. The predicted molar refractivity (Wildman–Crippen MR) is 54.4 cm³/mol. The Bertz CT molecular complexity index is 318. The maximum Gasteiger partial charge on any atom is 0.334 e. The van der Waals surface area contributed by atoms with Crippen molar-refractivity contribution >= 4 is 11.8 Å². The van der Waals surface area contributed by atoms with E-state index in [0.29, 0.717) is 12.8 Å². The molecule has 0 aromatic carbocycles. The smallest absolute Gasteiger partial charge is 0.334 e. The zero-order valence-corrected chi connectivity index (χ0v) is 9.42. The first-order chi connectivity index (χ1) is 6.83. The van der Waals surface area contributed by atoms with Gasteiger partial charge in [-0.25, -0.2) is 4.79 Å². The number of ether oxygens (including phenoxy) is 1. The summed E-state index contributed by atoms with van der Waals surface area (Å²) in [5, 5.41) is 3.09. The van der Waals surface area contributed by atoms with E-state index < -0.39 is 17.1 Å². The van der Waals surface area contributed by atoms with E-state index in [9.17, 15) is 9.59 Å². The number of hydrogen-bond donors (Lipinski definition) is 1. The van der Waals surface area contributed by atoms with Crippen molar-refractivity contribution in [3.63, 3.8) is 0 Å². The summed E-state index contributed by atoms with van der Waals surface area (Å²) in [6.07, 6.45) is 1.95. The maximum absolute atomic E-state index is 11.9. The quantitative estimate of drug-likeness (QED) is 0.514. The third kappa shape index (κ3) is 1.67. The molecule has 0 spiro atoms. The fourth-order valence-electron chi connectivity index (χ4n) is 2.29. The average Bonchev–Trinajstić information content (AvgIpc) is 2.58. The summed E-state index contributed by atoms with van der Waals surface area (Å²) in [5.41, 5.74) is -1.55. The Morgan fingerprint density at radius 3 is 2.60 bits per heavy atom. The lowest BCUT2D eigenvalue weighted by atomic mass is 9.86. The van der Waals surface area contributed by atoms with Gasteiger partial charge in [-0.05, 0) is 33.6 Å². The minimum atomic E-state index is -1.02. The van der Waals surface area contributed by atoms with Crippen LogP contribution in [0.15, 0.2) is 0 Å². The zero-order chi connectivity index (χ0) is 11.3. The fourth-order valence-corrected chi connectivity index (χ4v) is 2.29. The number of ketones is 1. The third-order valence-electron chi connectivity index (χ3n) is 2.97. The molecule has 1 N–H and O–H groups in total. The van der Waals surface area contributed by atoms with Crippen LogP contribution in [0.2, 0.25) is 0 Å². The molecule has 0 aromatic rings. The number of Topliss-reactive ketones (excluding diaryl/α,β-unsaturated/α-hetero) is 1. The molecule has 2 fully saturated rings. The van der Waals surface area contributed by atoms with Gasteiger partial charge in [-0.3, -0.25) is 10.1 Å². The lowest BCUT2D eigenvalue weighted by molar-refractivity contribution is -0.164. The second-order valence-corrected chi connectivity index (χ2v) is 5.41. The summed E-state index contributed by atoms with van der Waals surface area (Å²) in [6.45, 7) is 5.44. The van der Waals surface area contributed by atoms with Gasteiger partial charge in [0.1, 0.15) is 5.60 Å². The van der Waals surface area contributed by atoms with E-state index in [1.54, 1.807) is 0 Å². The van der Waals surface area contributed by atoms with E-state index in [4.69, 9.17) is 4.74 Å². The van der Waals surface area contributed by atoms with E-state index in [2.05, 4.69) is 5.32 Å². The van der Waals surface area contributed by atoms with Gasteiger partial charge in [-0.15, -0.1) is 0 Å². The van der Waals surface area contributed by atoms with Gasteiger partial charge < -0.3 is 4.74 Å². The van der Waals surface area contributed by atoms with Crippen LogP contribution in [0.4, 0.5) is 0 Å². The Labute approximate surface area is 89.4 Å². The monoisotopic (exact) mass is 211 g/mol. The minimum Gasteiger partial charge on any atom is -0.458 e. The molecule has 2 atom stereocenters. The van der Waals surface area contributed by atoms with Crippen LogP contribution < -0.4 is 5.32 Å². The first kappa shape index (κ1) is 10.6. The molecular formula is C11H17NO3. The Kier molecular flexibility index (Phi) is 2.15. The lowest BCUT2D eigenvalue weighted by Crippen LogP contribution is -2.52. The van der Waals surface area contributed by atoms with Crippen LogP contribution >= 0.6 is 0 Å². The van der Waals surface area contributed by atoms with E-state index in [1.807, 2.05) is 20.8 Å². The van der Waals surface area contributed by atoms with Gasteiger partial charge >= 0.3 is 5.97 Å². The number of carbonyl (C=O) groups is 2. The Balaban J connectivity index is 2.16. The van der Waals surface area contributed by atoms with E-state index in [0.717, 1.165) is 6.42 Å². The Morgan fingerprint density at radius 2 is 2.20 bits per heavy atom. The van der Waals surface area contributed by atoms with Crippen LogP contribution in [0.3, 0.4) is 0 Å². The molecule has 0 saturated carbocycles. The van der Waals surface area contributed by atoms with Gasteiger partial charge in [0.05, 0.1) is 0 Å². The second-order valence-electron chi connectivity index (χ2n) is 5.41. The highest BCUT2D eigenvalue weighted by Crippen LogP contribution is 2.36. The van der Waals surface area contributed by atoms with Crippen LogP contribution in [0.25, 0.3) is 0 Å². The molecule has 1 unspecified atom stereocenters. The minimum absolute atomic E-state index is 0.00648. The van der Waals surface area contributed by atoms with Crippen LogP contribution in [-0.4, -0.2) is 28.9 Å². The molecule has 2 heterocycles. The lowest BCUT2D eigenvalue weighted by Gasteiger charge is -2.28. The van der Waals surface area contributed by atoms with Crippen LogP contribution in [-0.2, 0) is 14.3 Å². The summed E-state index contributed by atoms with van der Waals surface area (Å²) < 4.78 is 5.29. The van der Waals surface area contributed by atoms with Gasteiger partial charge in [-0.1, -0.05) is 0 Å². The van der Waals surface area contributed by atoms with Crippen LogP contribution in [0, 0.1) is 0 Å². The van der Waals surface area contributed by atoms with Crippen molar-refractivity contribution in [3.8, 4) is 0 Å². The number of esters is 1. The summed E-state index contributed by atoms with van der Waals surface area (Å²) in [6, 6.07) is 0.185. The average molecular weight is 211 g/mol. The van der Waals surface area contributed by atoms with E-state index >= 15 is 0 Å². The molecule has 0 radical (unpaired) electrons. The zero-order valence-electron chi connectivity index (χ0n) is 9.42. The normalized spacial score (nSPS) is 34.6. The maximum atomic E-state index is 11.9.